The summed E-state index contributed by atoms with van der Waals surface area (Å²) in [5.74, 6) is -0.200. The maximum Gasteiger partial charge on any atom is 0.123 e. The van der Waals surface area contributed by atoms with Gasteiger partial charge in [0.15, 0.2) is 0 Å². The summed E-state index contributed by atoms with van der Waals surface area (Å²) >= 11 is 0. The third kappa shape index (κ3) is 2.76. The second-order valence-electron chi connectivity index (χ2n) is 4.17. The van der Waals surface area contributed by atoms with Crippen molar-refractivity contribution in [2.24, 2.45) is 0 Å². The largest absolute Gasteiger partial charge is 0.313 e. The molecule has 18 heavy (non-hydrogen) atoms. The number of hydrogen-bond donors (Lipinski definition) is 1. The van der Waals surface area contributed by atoms with E-state index in [2.05, 4.69) is 10.4 Å². The van der Waals surface area contributed by atoms with E-state index in [1.54, 1.807) is 6.07 Å². The van der Waals surface area contributed by atoms with Crippen LogP contribution in [-0.4, -0.2) is 16.3 Å². The molecule has 0 spiro atoms. The highest BCUT2D eigenvalue weighted by Gasteiger charge is 2.08. The van der Waals surface area contributed by atoms with Crippen molar-refractivity contribution in [1.29, 1.82) is 0 Å². The maximum absolute atomic E-state index is 13.3. The highest BCUT2D eigenvalue weighted by Crippen LogP contribution is 2.24. The van der Waals surface area contributed by atoms with Gasteiger partial charge in [-0.05, 0) is 36.7 Å². The standard InChI is InChI=1S/C14H18FN3/c1-3-16-8-11-7-13(15)5-6-14(11)12-9-17-18(4-2)10-12/h5-7,9-10,16H,3-4,8H2,1-2H3. The van der Waals surface area contributed by atoms with E-state index >= 15 is 0 Å². The molecule has 0 aliphatic heterocycles. The average Bonchev–Trinajstić information content (AvgIpc) is 2.85. The monoisotopic (exact) mass is 247 g/mol. The lowest BCUT2D eigenvalue weighted by Crippen LogP contribution is -2.12. The zero-order chi connectivity index (χ0) is 13.0. The van der Waals surface area contributed by atoms with Gasteiger partial charge < -0.3 is 5.32 Å². The van der Waals surface area contributed by atoms with E-state index in [-0.39, 0.29) is 5.82 Å². The molecule has 1 N–H and O–H groups in total. The number of nitrogens with one attached hydrogen (secondary N) is 1. The predicted molar refractivity (Wildman–Crippen MR) is 70.7 cm³/mol. The number of aromatic nitrogens is 2. The minimum atomic E-state index is -0.200. The highest BCUT2D eigenvalue weighted by molar-refractivity contribution is 5.66. The number of nitrogens with zero attached hydrogens (tertiary/aromatic N) is 2. The van der Waals surface area contributed by atoms with Crippen molar-refractivity contribution in [1.82, 2.24) is 15.1 Å². The first kappa shape index (κ1) is 12.8. The quantitative estimate of drug-likeness (QED) is 0.880. The van der Waals surface area contributed by atoms with Crippen molar-refractivity contribution in [2.75, 3.05) is 6.54 Å². The number of benzene rings is 1. The molecule has 0 atom stereocenters. The smallest absolute Gasteiger partial charge is 0.123 e. The van der Waals surface area contributed by atoms with E-state index in [1.165, 1.54) is 6.07 Å². The summed E-state index contributed by atoms with van der Waals surface area (Å²) in [7, 11) is 0. The molecule has 1 heterocycles. The second-order valence-corrected chi connectivity index (χ2v) is 4.17. The molecule has 3 nitrogen and oxygen atoms in total. The van der Waals surface area contributed by atoms with Gasteiger partial charge in [-0.15, -0.1) is 0 Å². The van der Waals surface area contributed by atoms with Crippen LogP contribution in [0.3, 0.4) is 0 Å². The number of aryl methyl sites for hydroxylation is 1. The van der Waals surface area contributed by atoms with Crippen LogP contribution in [-0.2, 0) is 13.1 Å². The molecular weight excluding hydrogens is 229 g/mol. The van der Waals surface area contributed by atoms with Crippen LogP contribution in [0.15, 0.2) is 30.6 Å². The SMILES string of the molecule is CCNCc1cc(F)ccc1-c1cnn(CC)c1. The highest BCUT2D eigenvalue weighted by atomic mass is 19.1. The molecule has 2 aromatic rings. The van der Waals surface area contributed by atoms with E-state index in [0.717, 1.165) is 29.8 Å². The van der Waals surface area contributed by atoms with E-state index in [9.17, 15) is 4.39 Å². The molecule has 0 unspecified atom stereocenters. The Bertz CT molecular complexity index is 520. The Kier molecular flexibility index (Phi) is 4.10. The minimum absolute atomic E-state index is 0.200. The van der Waals surface area contributed by atoms with Crippen LogP contribution in [0.25, 0.3) is 11.1 Å². The van der Waals surface area contributed by atoms with Crippen LogP contribution in [0, 0.1) is 5.82 Å². The Morgan fingerprint density at radius 1 is 1.33 bits per heavy atom. The molecule has 0 amide bonds. The summed E-state index contributed by atoms with van der Waals surface area (Å²) in [5.41, 5.74) is 3.04. The third-order valence-electron chi connectivity index (χ3n) is 2.90. The van der Waals surface area contributed by atoms with E-state index < -0.39 is 0 Å². The van der Waals surface area contributed by atoms with Gasteiger partial charge in [0.05, 0.1) is 6.20 Å². The number of rotatable bonds is 5. The lowest BCUT2D eigenvalue weighted by Gasteiger charge is -2.08. The van der Waals surface area contributed by atoms with Gasteiger partial charge in [-0.3, -0.25) is 4.68 Å². The summed E-state index contributed by atoms with van der Waals surface area (Å²) in [6.45, 7) is 6.45. The van der Waals surface area contributed by atoms with Crippen LogP contribution < -0.4 is 5.32 Å². The average molecular weight is 247 g/mol. The Labute approximate surface area is 107 Å². The van der Waals surface area contributed by atoms with Crippen molar-refractivity contribution in [2.45, 2.75) is 26.9 Å². The van der Waals surface area contributed by atoms with Gasteiger partial charge in [0.1, 0.15) is 5.82 Å². The fourth-order valence-corrected chi connectivity index (χ4v) is 1.93. The summed E-state index contributed by atoms with van der Waals surface area (Å²) in [6, 6.07) is 4.90. The van der Waals surface area contributed by atoms with Crippen molar-refractivity contribution in [3.05, 3.63) is 42.0 Å². The molecule has 96 valence electrons. The normalized spacial score (nSPS) is 10.8. The molecule has 0 fully saturated rings. The topological polar surface area (TPSA) is 29.9 Å². The lowest BCUT2D eigenvalue weighted by molar-refractivity contribution is 0.622. The van der Waals surface area contributed by atoms with E-state index in [4.69, 9.17) is 0 Å². The summed E-state index contributed by atoms with van der Waals surface area (Å²) in [6.07, 6.45) is 3.81. The molecule has 0 saturated carbocycles. The van der Waals surface area contributed by atoms with E-state index in [1.807, 2.05) is 37.0 Å². The Hall–Kier alpha value is -1.68. The lowest BCUT2D eigenvalue weighted by atomic mass is 10.0. The van der Waals surface area contributed by atoms with Crippen LogP contribution >= 0.6 is 0 Å². The molecule has 1 aromatic carbocycles. The van der Waals surface area contributed by atoms with Gasteiger partial charge in [-0.1, -0.05) is 13.0 Å². The van der Waals surface area contributed by atoms with Gasteiger partial charge in [-0.25, -0.2) is 4.39 Å². The fourth-order valence-electron chi connectivity index (χ4n) is 1.93. The first-order valence-electron chi connectivity index (χ1n) is 6.26. The molecule has 0 saturated heterocycles. The van der Waals surface area contributed by atoms with Crippen LogP contribution in [0.4, 0.5) is 4.39 Å². The molecule has 0 aliphatic rings. The van der Waals surface area contributed by atoms with Crippen molar-refractivity contribution >= 4 is 0 Å². The summed E-state index contributed by atoms with van der Waals surface area (Å²) < 4.78 is 15.2. The molecule has 4 heteroatoms. The molecular formula is C14H18FN3. The Balaban J connectivity index is 2.36. The summed E-state index contributed by atoms with van der Waals surface area (Å²) in [4.78, 5) is 0. The Morgan fingerprint density at radius 3 is 2.83 bits per heavy atom. The third-order valence-corrected chi connectivity index (χ3v) is 2.90. The summed E-state index contributed by atoms with van der Waals surface area (Å²) in [5, 5.41) is 7.49. The van der Waals surface area contributed by atoms with Crippen molar-refractivity contribution < 1.29 is 4.39 Å². The zero-order valence-corrected chi connectivity index (χ0v) is 10.8. The van der Waals surface area contributed by atoms with Gasteiger partial charge in [0.2, 0.25) is 0 Å². The predicted octanol–water partition coefficient (Wildman–Crippen LogP) is 2.82. The number of halogens is 1. The van der Waals surface area contributed by atoms with Crippen LogP contribution in [0.1, 0.15) is 19.4 Å². The Morgan fingerprint density at radius 2 is 2.17 bits per heavy atom. The zero-order valence-electron chi connectivity index (χ0n) is 10.8. The maximum atomic E-state index is 13.3. The molecule has 0 radical (unpaired) electrons. The first-order chi connectivity index (χ1) is 8.74. The van der Waals surface area contributed by atoms with Crippen LogP contribution in [0.2, 0.25) is 0 Å². The van der Waals surface area contributed by atoms with Gasteiger partial charge >= 0.3 is 0 Å². The fraction of sp³-hybridized carbons (Fsp3) is 0.357. The molecule has 0 bridgehead atoms. The van der Waals surface area contributed by atoms with Gasteiger partial charge in [0, 0.05) is 24.8 Å². The second kappa shape index (κ2) is 5.78. The van der Waals surface area contributed by atoms with Crippen molar-refractivity contribution in [3.8, 4) is 11.1 Å². The van der Waals surface area contributed by atoms with Crippen molar-refractivity contribution in [3.63, 3.8) is 0 Å². The molecule has 0 aliphatic carbocycles. The number of hydrogen-bond acceptors (Lipinski definition) is 2. The van der Waals surface area contributed by atoms with Gasteiger partial charge in [0.25, 0.3) is 0 Å². The van der Waals surface area contributed by atoms with Gasteiger partial charge in [-0.2, -0.15) is 5.10 Å². The van der Waals surface area contributed by atoms with E-state index in [0.29, 0.717) is 6.54 Å². The van der Waals surface area contributed by atoms with Crippen LogP contribution in [0.5, 0.6) is 0 Å². The molecule has 2 rings (SSSR count). The minimum Gasteiger partial charge on any atom is -0.313 e. The first-order valence-corrected chi connectivity index (χ1v) is 6.26. The molecule has 1 aromatic heterocycles.